The van der Waals surface area contributed by atoms with E-state index in [4.69, 9.17) is 0 Å². The number of anilines is 3. The highest BCUT2D eigenvalue weighted by Crippen LogP contribution is 2.39. The Morgan fingerprint density at radius 1 is 0.280 bits per heavy atom. The fraction of sp³-hybridized carbons (Fsp3) is 0. The molecule has 0 saturated heterocycles. The summed E-state index contributed by atoms with van der Waals surface area (Å²) in [6.07, 6.45) is 0. The minimum atomic E-state index is 1.10. The van der Waals surface area contributed by atoms with Crippen molar-refractivity contribution in [3.05, 3.63) is 206 Å². The first-order valence-corrected chi connectivity index (χ1v) is 17.1. The molecule has 0 aliphatic carbocycles. The summed E-state index contributed by atoms with van der Waals surface area (Å²) in [5.74, 6) is 0. The van der Waals surface area contributed by atoms with Gasteiger partial charge in [0.1, 0.15) is 0 Å². The van der Waals surface area contributed by atoms with Crippen molar-refractivity contribution in [2.24, 2.45) is 0 Å². The fourth-order valence-electron chi connectivity index (χ4n) is 7.16. The molecule has 1 heterocycles. The summed E-state index contributed by atoms with van der Waals surface area (Å²) < 4.78 is 2.36. The summed E-state index contributed by atoms with van der Waals surface area (Å²) in [4.78, 5) is 2.36. The van der Waals surface area contributed by atoms with Crippen LogP contribution < -0.4 is 4.90 Å². The molecule has 2 heteroatoms. The van der Waals surface area contributed by atoms with Crippen LogP contribution in [-0.2, 0) is 0 Å². The molecule has 0 spiro atoms. The Kier molecular flexibility index (Phi) is 7.53. The number of hydrogen-bond acceptors (Lipinski definition) is 1. The van der Waals surface area contributed by atoms with E-state index < -0.39 is 0 Å². The quantitative estimate of drug-likeness (QED) is 0.169. The summed E-state index contributed by atoms with van der Waals surface area (Å²) in [6.45, 7) is 0. The molecule has 0 atom stereocenters. The Labute approximate surface area is 292 Å². The van der Waals surface area contributed by atoms with E-state index in [0.29, 0.717) is 0 Å². The van der Waals surface area contributed by atoms with Crippen LogP contribution in [0.5, 0.6) is 0 Å². The number of nitrogens with zero attached hydrogens (tertiary/aromatic N) is 2. The molecule has 0 aliphatic rings. The minimum Gasteiger partial charge on any atom is -0.310 e. The van der Waals surface area contributed by atoms with Gasteiger partial charge < -0.3 is 9.47 Å². The van der Waals surface area contributed by atoms with Gasteiger partial charge in [0.25, 0.3) is 0 Å². The number of aromatic nitrogens is 1. The summed E-state index contributed by atoms with van der Waals surface area (Å²) in [5.41, 5.74) is 14.1. The minimum absolute atomic E-state index is 1.10. The van der Waals surface area contributed by atoms with Gasteiger partial charge in [0.2, 0.25) is 0 Å². The highest BCUT2D eigenvalue weighted by molar-refractivity contribution is 6.09. The van der Waals surface area contributed by atoms with Gasteiger partial charge in [0.05, 0.1) is 11.0 Å². The molecule has 236 valence electrons. The normalized spacial score (nSPS) is 11.2. The van der Waals surface area contributed by atoms with Crippen LogP contribution in [0.2, 0.25) is 0 Å². The molecule has 0 fully saturated rings. The summed E-state index contributed by atoms with van der Waals surface area (Å²) in [7, 11) is 0. The lowest BCUT2D eigenvalue weighted by Crippen LogP contribution is -2.10. The average molecular weight is 639 g/mol. The molecule has 0 amide bonds. The molecule has 9 aromatic rings. The molecular formula is C48H34N2. The Morgan fingerprint density at radius 2 is 0.680 bits per heavy atom. The van der Waals surface area contributed by atoms with Gasteiger partial charge in [-0.1, -0.05) is 146 Å². The summed E-state index contributed by atoms with van der Waals surface area (Å²) in [5, 5.41) is 2.55. The summed E-state index contributed by atoms with van der Waals surface area (Å²) >= 11 is 0. The third-order valence-electron chi connectivity index (χ3n) is 9.59. The zero-order chi connectivity index (χ0) is 33.3. The Bertz CT molecular complexity index is 2430. The lowest BCUT2D eigenvalue weighted by Gasteiger charge is -2.27. The number of fused-ring (bicyclic) bond motifs is 3. The lowest BCUT2D eigenvalue weighted by molar-refractivity contribution is 1.18. The number of para-hydroxylation sites is 2. The van der Waals surface area contributed by atoms with Crippen LogP contribution >= 0.6 is 0 Å². The zero-order valence-corrected chi connectivity index (χ0v) is 27.5. The number of benzene rings is 8. The first kappa shape index (κ1) is 29.5. The van der Waals surface area contributed by atoms with Crippen LogP contribution in [0.3, 0.4) is 0 Å². The Balaban J connectivity index is 1.09. The molecule has 9 rings (SSSR count). The average Bonchev–Trinajstić information content (AvgIpc) is 3.54. The van der Waals surface area contributed by atoms with Gasteiger partial charge in [-0.05, 0) is 94.0 Å². The third-order valence-corrected chi connectivity index (χ3v) is 9.59. The van der Waals surface area contributed by atoms with Crippen LogP contribution in [0.25, 0.3) is 60.9 Å². The molecule has 8 aromatic carbocycles. The van der Waals surface area contributed by atoms with E-state index in [1.807, 2.05) is 0 Å². The largest absolute Gasteiger partial charge is 0.310 e. The van der Waals surface area contributed by atoms with Gasteiger partial charge in [-0.15, -0.1) is 0 Å². The predicted molar refractivity (Wildman–Crippen MR) is 212 cm³/mol. The van der Waals surface area contributed by atoms with Crippen LogP contribution in [0, 0.1) is 0 Å². The van der Waals surface area contributed by atoms with Gasteiger partial charge in [-0.25, -0.2) is 0 Å². The molecule has 0 bridgehead atoms. The third kappa shape index (κ3) is 5.43. The van der Waals surface area contributed by atoms with Crippen molar-refractivity contribution in [3.8, 4) is 39.1 Å². The molecule has 0 aliphatic heterocycles. The van der Waals surface area contributed by atoms with Crippen molar-refractivity contribution in [3.63, 3.8) is 0 Å². The predicted octanol–water partition coefficient (Wildman–Crippen LogP) is 13.3. The van der Waals surface area contributed by atoms with E-state index >= 15 is 0 Å². The van der Waals surface area contributed by atoms with Crippen LogP contribution in [0.1, 0.15) is 0 Å². The van der Waals surface area contributed by atoms with Crippen molar-refractivity contribution < 1.29 is 0 Å². The van der Waals surface area contributed by atoms with Gasteiger partial charge in [-0.2, -0.15) is 0 Å². The van der Waals surface area contributed by atoms with Gasteiger partial charge in [0, 0.05) is 33.5 Å². The molecule has 1 aromatic heterocycles. The zero-order valence-electron chi connectivity index (χ0n) is 27.5. The number of hydrogen-bond donors (Lipinski definition) is 0. The van der Waals surface area contributed by atoms with Crippen LogP contribution in [0.4, 0.5) is 17.1 Å². The lowest BCUT2D eigenvalue weighted by atomic mass is 10.0. The van der Waals surface area contributed by atoms with Crippen molar-refractivity contribution in [1.82, 2.24) is 4.57 Å². The van der Waals surface area contributed by atoms with Crippen molar-refractivity contribution >= 4 is 38.9 Å². The molecular weight excluding hydrogens is 605 g/mol. The second kappa shape index (κ2) is 12.8. The monoisotopic (exact) mass is 638 g/mol. The van der Waals surface area contributed by atoms with E-state index in [1.165, 1.54) is 55.2 Å². The first-order valence-electron chi connectivity index (χ1n) is 17.1. The van der Waals surface area contributed by atoms with E-state index in [9.17, 15) is 0 Å². The smallest absolute Gasteiger partial charge is 0.0541 e. The standard InChI is InChI=1S/C48H34N2/c1-3-13-35(14-4-1)39-17-11-19-43(33-39)49(44-20-12-18-40(34-44)36-15-5-2-6-16-36)41-29-25-37(26-30-41)38-27-31-42(32-28-38)50-47-23-9-7-21-45(47)46-22-8-10-24-48(46)50/h1-34H. The molecule has 50 heavy (non-hydrogen) atoms. The molecule has 0 N–H and O–H groups in total. The SMILES string of the molecule is c1ccc(-c2cccc(N(c3ccc(-c4ccc(-n5c6ccccc6c6ccccc65)cc4)cc3)c3cccc(-c4ccccc4)c3)c2)cc1. The van der Waals surface area contributed by atoms with Crippen molar-refractivity contribution in [2.75, 3.05) is 4.90 Å². The maximum Gasteiger partial charge on any atom is 0.0541 e. The fourth-order valence-corrected chi connectivity index (χ4v) is 7.16. The van der Waals surface area contributed by atoms with Gasteiger partial charge >= 0.3 is 0 Å². The van der Waals surface area contributed by atoms with E-state index in [2.05, 4.69) is 216 Å². The van der Waals surface area contributed by atoms with Gasteiger partial charge in [-0.3, -0.25) is 0 Å². The van der Waals surface area contributed by atoms with Crippen LogP contribution in [0.15, 0.2) is 206 Å². The van der Waals surface area contributed by atoms with E-state index in [0.717, 1.165) is 22.7 Å². The molecule has 0 saturated carbocycles. The maximum absolute atomic E-state index is 2.36. The Hall–Kier alpha value is -6.64. The highest BCUT2D eigenvalue weighted by Gasteiger charge is 2.16. The van der Waals surface area contributed by atoms with E-state index in [1.54, 1.807) is 0 Å². The highest BCUT2D eigenvalue weighted by atomic mass is 15.1. The first-order chi connectivity index (χ1) is 24.8. The van der Waals surface area contributed by atoms with Crippen LogP contribution in [-0.4, -0.2) is 4.57 Å². The van der Waals surface area contributed by atoms with Gasteiger partial charge in [0.15, 0.2) is 0 Å². The maximum atomic E-state index is 2.36. The second-order valence-corrected chi connectivity index (χ2v) is 12.6. The van der Waals surface area contributed by atoms with E-state index in [-0.39, 0.29) is 0 Å². The summed E-state index contributed by atoms with van der Waals surface area (Å²) in [6, 6.07) is 74.0. The molecule has 0 radical (unpaired) electrons. The second-order valence-electron chi connectivity index (χ2n) is 12.6. The Morgan fingerprint density at radius 3 is 1.18 bits per heavy atom. The number of rotatable bonds is 7. The van der Waals surface area contributed by atoms with Crippen molar-refractivity contribution in [2.45, 2.75) is 0 Å². The molecule has 2 nitrogen and oxygen atoms in total. The molecule has 0 unspecified atom stereocenters. The topological polar surface area (TPSA) is 8.17 Å². The van der Waals surface area contributed by atoms with Crippen molar-refractivity contribution in [1.29, 1.82) is 0 Å².